The Morgan fingerprint density at radius 1 is 0.839 bits per heavy atom. The van der Waals surface area contributed by atoms with E-state index >= 15 is 0 Å². The fourth-order valence-electron chi connectivity index (χ4n) is 4.25. The van der Waals surface area contributed by atoms with Crippen LogP contribution in [-0.4, -0.2) is 82.4 Å². The summed E-state index contributed by atoms with van der Waals surface area (Å²) in [5.74, 6) is 0.275. The van der Waals surface area contributed by atoms with Crippen molar-refractivity contribution in [1.82, 2.24) is 24.3 Å². The summed E-state index contributed by atoms with van der Waals surface area (Å²) < 4.78 is 1.43. The molecule has 8 nitrogen and oxygen atoms in total. The third kappa shape index (κ3) is 4.69. The minimum Gasteiger partial charge on any atom is -0.339 e. The second-order valence-corrected chi connectivity index (χ2v) is 8.50. The van der Waals surface area contributed by atoms with E-state index in [9.17, 15) is 14.4 Å². The van der Waals surface area contributed by atoms with Crippen molar-refractivity contribution >= 4 is 11.8 Å². The molecule has 2 aliphatic heterocycles. The van der Waals surface area contributed by atoms with Crippen LogP contribution in [-0.2, 0) is 7.05 Å². The van der Waals surface area contributed by atoms with E-state index in [0.717, 1.165) is 44.7 Å². The molecule has 164 valence electrons. The SMILES string of the molecule is CN1CCN(C(=O)c2ccc(C3CCN(C(=O)c4ccc(=O)n(C)c4)CC3)nc2)CC1. The van der Waals surface area contributed by atoms with Crippen molar-refractivity contribution < 1.29 is 9.59 Å². The Labute approximate surface area is 182 Å². The maximum Gasteiger partial charge on any atom is 0.255 e. The molecule has 0 bridgehead atoms. The first kappa shape index (κ1) is 21.2. The Balaban J connectivity index is 1.34. The van der Waals surface area contributed by atoms with Gasteiger partial charge in [-0.05, 0) is 38.1 Å². The monoisotopic (exact) mass is 423 g/mol. The van der Waals surface area contributed by atoms with Crippen LogP contribution in [0, 0.1) is 0 Å². The van der Waals surface area contributed by atoms with E-state index in [-0.39, 0.29) is 23.3 Å². The smallest absolute Gasteiger partial charge is 0.255 e. The Bertz CT molecular complexity index is 1000. The number of hydrogen-bond donors (Lipinski definition) is 0. The van der Waals surface area contributed by atoms with Gasteiger partial charge < -0.3 is 19.3 Å². The summed E-state index contributed by atoms with van der Waals surface area (Å²) in [4.78, 5) is 47.5. The third-order valence-electron chi connectivity index (χ3n) is 6.36. The molecule has 0 aromatic carbocycles. The van der Waals surface area contributed by atoms with Crippen LogP contribution in [0.4, 0.5) is 0 Å². The topological polar surface area (TPSA) is 78.8 Å². The quantitative estimate of drug-likeness (QED) is 0.741. The number of rotatable bonds is 3. The first-order chi connectivity index (χ1) is 14.9. The Hall–Kier alpha value is -3.00. The van der Waals surface area contributed by atoms with Gasteiger partial charge in [0.2, 0.25) is 5.56 Å². The molecular formula is C23H29N5O3. The van der Waals surface area contributed by atoms with E-state index in [0.29, 0.717) is 24.2 Å². The Morgan fingerprint density at radius 3 is 2.06 bits per heavy atom. The van der Waals surface area contributed by atoms with Crippen LogP contribution in [0.25, 0.3) is 0 Å². The molecule has 2 fully saturated rings. The number of pyridine rings is 2. The minimum absolute atomic E-state index is 0.0461. The zero-order chi connectivity index (χ0) is 22.0. The number of carbonyl (C=O) groups is 2. The molecule has 0 atom stereocenters. The van der Waals surface area contributed by atoms with Gasteiger partial charge in [0, 0.05) is 76.4 Å². The van der Waals surface area contributed by atoms with Crippen LogP contribution in [0.5, 0.6) is 0 Å². The summed E-state index contributed by atoms with van der Waals surface area (Å²) >= 11 is 0. The molecule has 2 aromatic rings. The molecule has 0 spiro atoms. The Morgan fingerprint density at radius 2 is 1.45 bits per heavy atom. The number of piperidine rings is 1. The summed E-state index contributed by atoms with van der Waals surface area (Å²) in [7, 11) is 3.72. The number of aromatic nitrogens is 2. The highest BCUT2D eigenvalue weighted by Gasteiger charge is 2.26. The average molecular weight is 424 g/mol. The van der Waals surface area contributed by atoms with Crippen LogP contribution in [0.1, 0.15) is 45.2 Å². The van der Waals surface area contributed by atoms with Gasteiger partial charge >= 0.3 is 0 Å². The lowest BCUT2D eigenvalue weighted by Gasteiger charge is -2.33. The molecule has 0 saturated carbocycles. The van der Waals surface area contributed by atoms with Gasteiger partial charge in [-0.15, -0.1) is 0 Å². The van der Waals surface area contributed by atoms with Crippen molar-refractivity contribution in [1.29, 1.82) is 0 Å². The zero-order valence-corrected chi connectivity index (χ0v) is 18.2. The van der Waals surface area contributed by atoms with Gasteiger partial charge in [0.05, 0.1) is 11.1 Å². The number of carbonyl (C=O) groups excluding carboxylic acids is 2. The average Bonchev–Trinajstić information content (AvgIpc) is 2.81. The van der Waals surface area contributed by atoms with Gasteiger partial charge in [-0.25, -0.2) is 0 Å². The van der Waals surface area contributed by atoms with E-state index in [1.165, 1.54) is 10.6 Å². The molecule has 2 saturated heterocycles. The number of amides is 2. The Kier molecular flexibility index (Phi) is 6.18. The highest BCUT2D eigenvalue weighted by Crippen LogP contribution is 2.27. The van der Waals surface area contributed by atoms with E-state index in [2.05, 4.69) is 16.9 Å². The summed E-state index contributed by atoms with van der Waals surface area (Å²) in [5, 5.41) is 0. The molecule has 4 heterocycles. The summed E-state index contributed by atoms with van der Waals surface area (Å²) in [6.07, 6.45) is 4.94. The lowest BCUT2D eigenvalue weighted by Crippen LogP contribution is -2.47. The van der Waals surface area contributed by atoms with Gasteiger partial charge in [0.25, 0.3) is 11.8 Å². The first-order valence-corrected chi connectivity index (χ1v) is 10.8. The standard InChI is InChI=1S/C23H29N5O3/c1-25-11-13-28(14-12-25)22(30)18-3-5-20(24-15-18)17-7-9-27(10-8-17)23(31)19-4-6-21(29)26(2)16-19/h3-6,15-17H,7-14H2,1-2H3. The fraction of sp³-hybridized carbons (Fsp3) is 0.478. The lowest BCUT2D eigenvalue weighted by molar-refractivity contribution is 0.0662. The summed E-state index contributed by atoms with van der Waals surface area (Å²) in [6, 6.07) is 6.85. The number of aryl methyl sites for hydroxylation is 1. The predicted octanol–water partition coefficient (Wildman–Crippen LogP) is 1.19. The molecule has 31 heavy (non-hydrogen) atoms. The van der Waals surface area contributed by atoms with Gasteiger partial charge in [0.15, 0.2) is 0 Å². The molecule has 2 aliphatic rings. The van der Waals surface area contributed by atoms with Gasteiger partial charge in [0.1, 0.15) is 0 Å². The number of likely N-dealkylation sites (N-methyl/N-ethyl adjacent to an activating group) is 1. The molecular weight excluding hydrogens is 394 g/mol. The molecule has 2 aromatic heterocycles. The molecule has 8 heteroatoms. The molecule has 4 rings (SSSR count). The van der Waals surface area contributed by atoms with Crippen LogP contribution in [0.15, 0.2) is 41.5 Å². The lowest BCUT2D eigenvalue weighted by atomic mass is 9.92. The van der Waals surface area contributed by atoms with Crippen molar-refractivity contribution in [2.45, 2.75) is 18.8 Å². The third-order valence-corrected chi connectivity index (χ3v) is 6.36. The minimum atomic E-state index is -0.129. The maximum atomic E-state index is 12.7. The molecule has 2 amide bonds. The number of hydrogen-bond acceptors (Lipinski definition) is 5. The first-order valence-electron chi connectivity index (χ1n) is 10.8. The normalized spacial score (nSPS) is 18.3. The van der Waals surface area contributed by atoms with Crippen LogP contribution in [0.3, 0.4) is 0 Å². The van der Waals surface area contributed by atoms with Gasteiger partial charge in [-0.2, -0.15) is 0 Å². The highest BCUT2D eigenvalue weighted by atomic mass is 16.2. The van der Waals surface area contributed by atoms with Crippen molar-refractivity contribution in [3.63, 3.8) is 0 Å². The van der Waals surface area contributed by atoms with Crippen molar-refractivity contribution in [2.24, 2.45) is 7.05 Å². The summed E-state index contributed by atoms with van der Waals surface area (Å²) in [6.45, 7) is 4.59. The number of nitrogens with zero attached hydrogens (tertiary/aromatic N) is 5. The van der Waals surface area contributed by atoms with Gasteiger partial charge in [-0.3, -0.25) is 19.4 Å². The largest absolute Gasteiger partial charge is 0.339 e. The van der Waals surface area contributed by atoms with Crippen molar-refractivity contribution in [3.05, 3.63) is 63.8 Å². The van der Waals surface area contributed by atoms with Gasteiger partial charge in [-0.1, -0.05) is 0 Å². The fourth-order valence-corrected chi connectivity index (χ4v) is 4.25. The van der Waals surface area contributed by atoms with Crippen molar-refractivity contribution in [3.8, 4) is 0 Å². The van der Waals surface area contributed by atoms with Crippen molar-refractivity contribution in [2.75, 3.05) is 46.3 Å². The van der Waals surface area contributed by atoms with E-state index in [1.807, 2.05) is 21.9 Å². The van der Waals surface area contributed by atoms with E-state index in [4.69, 9.17) is 0 Å². The van der Waals surface area contributed by atoms with Crippen LogP contribution in [0.2, 0.25) is 0 Å². The molecule has 0 aliphatic carbocycles. The molecule has 0 N–H and O–H groups in total. The second-order valence-electron chi connectivity index (χ2n) is 8.50. The highest BCUT2D eigenvalue weighted by molar-refractivity contribution is 5.94. The van der Waals surface area contributed by atoms with E-state index in [1.54, 1.807) is 25.5 Å². The predicted molar refractivity (Wildman–Crippen MR) is 117 cm³/mol. The molecule has 0 unspecified atom stereocenters. The maximum absolute atomic E-state index is 12.7. The zero-order valence-electron chi connectivity index (χ0n) is 18.2. The number of piperazine rings is 1. The van der Waals surface area contributed by atoms with Crippen LogP contribution >= 0.6 is 0 Å². The summed E-state index contributed by atoms with van der Waals surface area (Å²) in [5.41, 5.74) is 2.01. The number of likely N-dealkylation sites (tertiary alicyclic amines) is 1. The second kappa shape index (κ2) is 9.01. The van der Waals surface area contributed by atoms with E-state index < -0.39 is 0 Å². The van der Waals surface area contributed by atoms with Crippen LogP contribution < -0.4 is 5.56 Å². The molecule has 0 radical (unpaired) electrons.